The standard InChI is InChI=1S/C17H20FN5O2/c1-12-2-3-13(10-15(12)18)22-17(24)20-11-14-4-5-19-16(21-14)23-6-8-25-9-7-23/h2-5,10H,6-9,11H2,1H3,(H2,20,22,24). The molecule has 0 bridgehead atoms. The number of hydrogen-bond donors (Lipinski definition) is 2. The van der Waals surface area contributed by atoms with E-state index in [-0.39, 0.29) is 12.4 Å². The van der Waals surface area contributed by atoms with Crippen LogP contribution in [0.3, 0.4) is 0 Å². The molecular weight excluding hydrogens is 325 g/mol. The fourth-order valence-electron chi connectivity index (χ4n) is 2.42. The molecule has 7 nitrogen and oxygen atoms in total. The van der Waals surface area contributed by atoms with Gasteiger partial charge in [-0.2, -0.15) is 0 Å². The van der Waals surface area contributed by atoms with Crippen LogP contribution in [-0.2, 0) is 11.3 Å². The largest absolute Gasteiger partial charge is 0.378 e. The van der Waals surface area contributed by atoms with Crippen LogP contribution in [0.15, 0.2) is 30.5 Å². The number of morpholine rings is 1. The third-order valence-electron chi connectivity index (χ3n) is 3.85. The number of nitrogens with one attached hydrogen (secondary N) is 2. The zero-order valence-corrected chi connectivity index (χ0v) is 14.0. The lowest BCUT2D eigenvalue weighted by Gasteiger charge is -2.26. The van der Waals surface area contributed by atoms with Gasteiger partial charge in [0.15, 0.2) is 0 Å². The SMILES string of the molecule is Cc1ccc(NC(=O)NCc2ccnc(N3CCOCC3)n2)cc1F. The highest BCUT2D eigenvalue weighted by atomic mass is 19.1. The van der Waals surface area contributed by atoms with Gasteiger partial charge in [0, 0.05) is 25.0 Å². The van der Waals surface area contributed by atoms with Gasteiger partial charge in [0.2, 0.25) is 5.95 Å². The summed E-state index contributed by atoms with van der Waals surface area (Å²) in [5.74, 6) is 0.271. The Labute approximate surface area is 145 Å². The summed E-state index contributed by atoms with van der Waals surface area (Å²) in [7, 11) is 0. The van der Waals surface area contributed by atoms with Gasteiger partial charge in [0.1, 0.15) is 5.82 Å². The molecule has 0 unspecified atom stereocenters. The van der Waals surface area contributed by atoms with E-state index < -0.39 is 6.03 Å². The van der Waals surface area contributed by atoms with Crippen LogP contribution in [0.4, 0.5) is 20.8 Å². The Balaban J connectivity index is 1.55. The Kier molecular flexibility index (Phi) is 5.39. The first-order valence-electron chi connectivity index (χ1n) is 8.07. The number of hydrogen-bond acceptors (Lipinski definition) is 5. The molecule has 2 N–H and O–H groups in total. The summed E-state index contributed by atoms with van der Waals surface area (Å²) in [6.45, 7) is 4.72. The zero-order valence-electron chi connectivity index (χ0n) is 14.0. The number of ether oxygens (including phenoxy) is 1. The maximum Gasteiger partial charge on any atom is 0.319 e. The Morgan fingerprint density at radius 1 is 1.32 bits per heavy atom. The summed E-state index contributed by atoms with van der Waals surface area (Å²) in [4.78, 5) is 22.7. The molecule has 132 valence electrons. The molecule has 25 heavy (non-hydrogen) atoms. The van der Waals surface area contributed by atoms with Crippen molar-refractivity contribution in [2.75, 3.05) is 36.5 Å². The molecule has 0 spiro atoms. The van der Waals surface area contributed by atoms with Crippen molar-refractivity contribution in [3.8, 4) is 0 Å². The predicted octanol–water partition coefficient (Wildman–Crippen LogP) is 2.08. The highest BCUT2D eigenvalue weighted by Gasteiger charge is 2.14. The number of halogens is 1. The number of anilines is 2. The third-order valence-corrected chi connectivity index (χ3v) is 3.85. The number of aryl methyl sites for hydroxylation is 1. The lowest BCUT2D eigenvalue weighted by Crippen LogP contribution is -2.37. The van der Waals surface area contributed by atoms with Gasteiger partial charge >= 0.3 is 6.03 Å². The van der Waals surface area contributed by atoms with E-state index in [4.69, 9.17) is 4.74 Å². The van der Waals surface area contributed by atoms with Gasteiger partial charge in [-0.1, -0.05) is 6.07 Å². The molecule has 0 atom stereocenters. The van der Waals surface area contributed by atoms with Gasteiger partial charge < -0.3 is 20.3 Å². The van der Waals surface area contributed by atoms with Crippen LogP contribution >= 0.6 is 0 Å². The van der Waals surface area contributed by atoms with Gasteiger partial charge in [-0.15, -0.1) is 0 Å². The number of urea groups is 1. The van der Waals surface area contributed by atoms with Crippen molar-refractivity contribution in [2.24, 2.45) is 0 Å². The van der Waals surface area contributed by atoms with Crippen molar-refractivity contribution in [1.29, 1.82) is 0 Å². The summed E-state index contributed by atoms with van der Waals surface area (Å²) in [6, 6.07) is 5.88. The second-order valence-corrected chi connectivity index (χ2v) is 5.72. The predicted molar refractivity (Wildman–Crippen MR) is 92.1 cm³/mol. The van der Waals surface area contributed by atoms with Crippen LogP contribution in [0.2, 0.25) is 0 Å². The van der Waals surface area contributed by atoms with Crippen LogP contribution in [-0.4, -0.2) is 42.3 Å². The summed E-state index contributed by atoms with van der Waals surface area (Å²) in [6.07, 6.45) is 1.67. The molecule has 1 aliphatic rings. The molecule has 1 aliphatic heterocycles. The lowest BCUT2D eigenvalue weighted by molar-refractivity contribution is 0.122. The van der Waals surface area contributed by atoms with Crippen LogP contribution in [0.5, 0.6) is 0 Å². The Morgan fingerprint density at radius 2 is 2.12 bits per heavy atom. The Morgan fingerprint density at radius 3 is 2.88 bits per heavy atom. The summed E-state index contributed by atoms with van der Waals surface area (Å²) in [5.41, 5.74) is 1.63. The number of amides is 2. The van der Waals surface area contributed by atoms with Gasteiger partial charge in [-0.25, -0.2) is 19.2 Å². The minimum Gasteiger partial charge on any atom is -0.378 e. The molecule has 3 rings (SSSR count). The average Bonchev–Trinajstić information content (AvgIpc) is 2.64. The molecule has 0 saturated carbocycles. The van der Waals surface area contributed by atoms with E-state index in [0.29, 0.717) is 36.1 Å². The van der Waals surface area contributed by atoms with Crippen molar-refractivity contribution in [1.82, 2.24) is 15.3 Å². The van der Waals surface area contributed by atoms with E-state index in [2.05, 4.69) is 20.6 Å². The first-order valence-corrected chi connectivity index (χ1v) is 8.07. The van der Waals surface area contributed by atoms with Crippen LogP contribution in [0.1, 0.15) is 11.3 Å². The van der Waals surface area contributed by atoms with E-state index in [1.54, 1.807) is 31.3 Å². The van der Waals surface area contributed by atoms with Crippen LogP contribution < -0.4 is 15.5 Å². The van der Waals surface area contributed by atoms with Crippen LogP contribution in [0.25, 0.3) is 0 Å². The van der Waals surface area contributed by atoms with Crippen molar-refractivity contribution in [3.63, 3.8) is 0 Å². The normalized spacial score (nSPS) is 14.2. The molecule has 1 aromatic heterocycles. The fraction of sp³-hybridized carbons (Fsp3) is 0.353. The second kappa shape index (κ2) is 7.89. The Hall–Kier alpha value is -2.74. The number of benzene rings is 1. The smallest absolute Gasteiger partial charge is 0.319 e. The average molecular weight is 345 g/mol. The molecule has 0 aliphatic carbocycles. The fourth-order valence-corrected chi connectivity index (χ4v) is 2.42. The quantitative estimate of drug-likeness (QED) is 0.887. The van der Waals surface area contributed by atoms with Crippen LogP contribution in [0, 0.1) is 12.7 Å². The zero-order chi connectivity index (χ0) is 17.6. The van der Waals surface area contributed by atoms with Gasteiger partial charge in [0.05, 0.1) is 25.5 Å². The van der Waals surface area contributed by atoms with Crippen molar-refractivity contribution < 1.29 is 13.9 Å². The summed E-state index contributed by atoms with van der Waals surface area (Å²) >= 11 is 0. The minimum absolute atomic E-state index is 0.250. The molecule has 1 fully saturated rings. The molecule has 2 aromatic rings. The highest BCUT2D eigenvalue weighted by Crippen LogP contribution is 2.13. The molecule has 8 heteroatoms. The topological polar surface area (TPSA) is 79.4 Å². The lowest BCUT2D eigenvalue weighted by atomic mass is 10.2. The summed E-state index contributed by atoms with van der Waals surface area (Å²) in [5, 5.41) is 5.30. The molecule has 1 saturated heterocycles. The number of nitrogens with zero attached hydrogens (tertiary/aromatic N) is 3. The molecule has 2 amide bonds. The summed E-state index contributed by atoms with van der Waals surface area (Å²) < 4.78 is 18.8. The Bertz CT molecular complexity index is 750. The monoisotopic (exact) mass is 345 g/mol. The molecule has 2 heterocycles. The number of aromatic nitrogens is 2. The van der Waals surface area contributed by atoms with E-state index >= 15 is 0 Å². The van der Waals surface area contributed by atoms with E-state index in [9.17, 15) is 9.18 Å². The van der Waals surface area contributed by atoms with E-state index in [1.807, 2.05) is 4.90 Å². The number of carbonyl (C=O) groups excluding carboxylic acids is 1. The van der Waals surface area contributed by atoms with Crippen molar-refractivity contribution in [3.05, 3.63) is 47.5 Å². The first kappa shape index (κ1) is 17.1. The van der Waals surface area contributed by atoms with Crippen molar-refractivity contribution >= 4 is 17.7 Å². The van der Waals surface area contributed by atoms with Gasteiger partial charge in [-0.3, -0.25) is 0 Å². The second-order valence-electron chi connectivity index (χ2n) is 5.72. The van der Waals surface area contributed by atoms with Crippen molar-refractivity contribution in [2.45, 2.75) is 13.5 Å². The maximum absolute atomic E-state index is 13.5. The minimum atomic E-state index is -0.421. The van der Waals surface area contributed by atoms with Gasteiger partial charge in [0.25, 0.3) is 0 Å². The molecular formula is C17H20FN5O2. The molecule has 1 aromatic carbocycles. The van der Waals surface area contributed by atoms with E-state index in [0.717, 1.165) is 13.1 Å². The maximum atomic E-state index is 13.5. The first-order chi connectivity index (χ1) is 12.1. The number of carbonyl (C=O) groups is 1. The third kappa shape index (κ3) is 4.63. The molecule has 0 radical (unpaired) electrons. The highest BCUT2D eigenvalue weighted by molar-refractivity contribution is 5.89. The number of rotatable bonds is 4. The van der Waals surface area contributed by atoms with Gasteiger partial charge in [-0.05, 0) is 30.7 Å². The van der Waals surface area contributed by atoms with E-state index in [1.165, 1.54) is 6.07 Å².